The van der Waals surface area contributed by atoms with Crippen molar-refractivity contribution in [3.63, 3.8) is 0 Å². The number of nitrogens with two attached hydrogens (primary N) is 1. The number of fused-ring (bicyclic) bond motifs is 1. The summed E-state index contributed by atoms with van der Waals surface area (Å²) in [5.74, 6) is 0.0557. The molecule has 1 aliphatic heterocycles. The Labute approximate surface area is 149 Å². The molecule has 6 nitrogen and oxygen atoms in total. The summed E-state index contributed by atoms with van der Waals surface area (Å²) >= 11 is 6.22. The Bertz CT molecular complexity index is 823. The van der Waals surface area contributed by atoms with Crippen molar-refractivity contribution in [3.8, 4) is 11.5 Å². The maximum Gasteiger partial charge on any atom is 0.255 e. The lowest BCUT2D eigenvalue weighted by atomic mass is 10.1. The molecule has 0 aliphatic carbocycles. The lowest BCUT2D eigenvalue weighted by Crippen LogP contribution is -2.17. The van der Waals surface area contributed by atoms with Gasteiger partial charge in [-0.15, -0.1) is 0 Å². The fourth-order valence-corrected chi connectivity index (χ4v) is 2.81. The molecule has 3 N–H and O–H groups in total. The largest absolute Gasteiger partial charge is 0.489 e. The summed E-state index contributed by atoms with van der Waals surface area (Å²) in [6.45, 7) is 1.01. The van der Waals surface area contributed by atoms with Crippen molar-refractivity contribution >= 4 is 29.1 Å². The van der Waals surface area contributed by atoms with E-state index in [1.165, 1.54) is 6.07 Å². The van der Waals surface area contributed by atoms with Gasteiger partial charge in [-0.1, -0.05) is 29.8 Å². The monoisotopic (exact) mass is 360 g/mol. The minimum Gasteiger partial charge on any atom is -0.489 e. The molecule has 0 spiro atoms. The summed E-state index contributed by atoms with van der Waals surface area (Å²) in [4.78, 5) is 23.8. The van der Waals surface area contributed by atoms with Crippen molar-refractivity contribution in [2.24, 2.45) is 5.73 Å². The molecule has 1 heterocycles. The summed E-state index contributed by atoms with van der Waals surface area (Å²) in [6, 6.07) is 10.1. The summed E-state index contributed by atoms with van der Waals surface area (Å²) in [5, 5.41) is 3.09. The molecule has 0 aromatic heterocycles. The van der Waals surface area contributed by atoms with Crippen molar-refractivity contribution in [3.05, 3.63) is 52.5 Å². The third-order valence-electron chi connectivity index (χ3n) is 3.69. The molecule has 0 saturated carbocycles. The van der Waals surface area contributed by atoms with Crippen molar-refractivity contribution in [1.29, 1.82) is 0 Å². The SMILES string of the molecule is NC(=O)Cc1ccccc1NC(=O)c1cc(Cl)c2c(c1)OCCCO2. The molecule has 0 atom stereocenters. The van der Waals surface area contributed by atoms with Crippen LogP contribution in [0.1, 0.15) is 22.3 Å². The predicted octanol–water partition coefficient (Wildman–Crippen LogP) is 2.78. The molecule has 2 amide bonds. The first-order valence-corrected chi connectivity index (χ1v) is 8.19. The number of anilines is 1. The minimum absolute atomic E-state index is 0.0400. The number of nitrogens with one attached hydrogen (secondary N) is 1. The number of para-hydroxylation sites is 1. The van der Waals surface area contributed by atoms with Gasteiger partial charge in [0.2, 0.25) is 5.91 Å². The number of hydrogen-bond acceptors (Lipinski definition) is 4. The number of amides is 2. The van der Waals surface area contributed by atoms with Gasteiger partial charge in [0.1, 0.15) is 0 Å². The maximum atomic E-state index is 12.6. The molecule has 2 aromatic carbocycles. The van der Waals surface area contributed by atoms with Gasteiger partial charge in [-0.3, -0.25) is 9.59 Å². The van der Waals surface area contributed by atoms with E-state index in [2.05, 4.69) is 5.32 Å². The van der Waals surface area contributed by atoms with E-state index < -0.39 is 5.91 Å². The quantitative estimate of drug-likeness (QED) is 0.877. The van der Waals surface area contributed by atoms with Gasteiger partial charge in [0, 0.05) is 17.7 Å². The smallest absolute Gasteiger partial charge is 0.255 e. The normalized spacial score (nSPS) is 13.0. The average Bonchev–Trinajstić information content (AvgIpc) is 2.82. The van der Waals surface area contributed by atoms with E-state index in [-0.39, 0.29) is 12.3 Å². The molecule has 130 valence electrons. The molecular weight excluding hydrogens is 344 g/mol. The van der Waals surface area contributed by atoms with Gasteiger partial charge in [-0.05, 0) is 23.8 Å². The van der Waals surface area contributed by atoms with E-state index in [4.69, 9.17) is 26.8 Å². The van der Waals surface area contributed by atoms with Gasteiger partial charge < -0.3 is 20.5 Å². The number of primary amides is 1. The third-order valence-corrected chi connectivity index (χ3v) is 3.98. The molecule has 2 aromatic rings. The van der Waals surface area contributed by atoms with Crippen LogP contribution >= 0.6 is 11.6 Å². The van der Waals surface area contributed by atoms with Crippen LogP contribution in [0.2, 0.25) is 5.02 Å². The topological polar surface area (TPSA) is 90.7 Å². The molecule has 25 heavy (non-hydrogen) atoms. The van der Waals surface area contributed by atoms with Crippen molar-refractivity contribution < 1.29 is 19.1 Å². The molecular formula is C18H17ClN2O4. The number of ether oxygens (including phenoxy) is 2. The van der Waals surface area contributed by atoms with Crippen LogP contribution in [0.4, 0.5) is 5.69 Å². The fraction of sp³-hybridized carbons (Fsp3) is 0.222. The van der Waals surface area contributed by atoms with Crippen molar-refractivity contribution in [2.75, 3.05) is 18.5 Å². The molecule has 3 rings (SSSR count). The van der Waals surface area contributed by atoms with Crippen LogP contribution in [-0.2, 0) is 11.2 Å². The summed E-state index contributed by atoms with van der Waals surface area (Å²) in [7, 11) is 0. The second kappa shape index (κ2) is 7.44. The molecule has 0 radical (unpaired) electrons. The number of carbonyl (C=O) groups is 2. The highest BCUT2D eigenvalue weighted by atomic mass is 35.5. The molecule has 0 fully saturated rings. The average molecular weight is 361 g/mol. The number of halogens is 1. The van der Waals surface area contributed by atoms with E-state index >= 15 is 0 Å². The molecule has 0 unspecified atom stereocenters. The van der Waals surface area contributed by atoms with Crippen LogP contribution in [0.3, 0.4) is 0 Å². The Morgan fingerprint density at radius 2 is 1.92 bits per heavy atom. The standard InChI is InChI=1S/C18H17ClN2O4/c19-13-8-12(9-15-17(13)25-7-3-6-24-15)18(23)21-14-5-2-1-4-11(14)10-16(20)22/h1-2,4-5,8-9H,3,6-7,10H2,(H2,20,22)(H,21,23). The van der Waals surface area contributed by atoms with Gasteiger partial charge >= 0.3 is 0 Å². The lowest BCUT2D eigenvalue weighted by Gasteiger charge is -2.13. The van der Waals surface area contributed by atoms with Crippen LogP contribution in [0.15, 0.2) is 36.4 Å². The van der Waals surface area contributed by atoms with Crippen LogP contribution in [0.5, 0.6) is 11.5 Å². The van der Waals surface area contributed by atoms with Gasteiger partial charge in [0.15, 0.2) is 11.5 Å². The van der Waals surface area contributed by atoms with Gasteiger partial charge in [0.05, 0.1) is 24.7 Å². The van der Waals surface area contributed by atoms with Gasteiger partial charge in [-0.25, -0.2) is 0 Å². The fourth-order valence-electron chi connectivity index (χ4n) is 2.54. The summed E-state index contributed by atoms with van der Waals surface area (Å²) < 4.78 is 11.2. The molecule has 0 saturated heterocycles. The first-order chi connectivity index (χ1) is 12.0. The molecule has 1 aliphatic rings. The first-order valence-electron chi connectivity index (χ1n) is 7.81. The Morgan fingerprint density at radius 1 is 1.16 bits per heavy atom. The second-order valence-corrected chi connectivity index (χ2v) is 6.00. The van der Waals surface area contributed by atoms with E-state index in [1.807, 2.05) is 0 Å². The van der Waals surface area contributed by atoms with Crippen LogP contribution in [-0.4, -0.2) is 25.0 Å². The van der Waals surface area contributed by atoms with Crippen LogP contribution < -0.4 is 20.5 Å². The zero-order valence-electron chi connectivity index (χ0n) is 13.4. The molecule has 0 bridgehead atoms. The zero-order valence-corrected chi connectivity index (χ0v) is 14.1. The van der Waals surface area contributed by atoms with Crippen molar-refractivity contribution in [2.45, 2.75) is 12.8 Å². The lowest BCUT2D eigenvalue weighted by molar-refractivity contribution is -0.117. The second-order valence-electron chi connectivity index (χ2n) is 5.59. The Morgan fingerprint density at radius 3 is 2.72 bits per heavy atom. The number of benzene rings is 2. The van der Waals surface area contributed by atoms with Gasteiger partial charge in [0.25, 0.3) is 5.91 Å². The highest BCUT2D eigenvalue weighted by Gasteiger charge is 2.19. The van der Waals surface area contributed by atoms with Crippen molar-refractivity contribution in [1.82, 2.24) is 0 Å². The third kappa shape index (κ3) is 4.03. The minimum atomic E-state index is -0.472. The number of rotatable bonds is 4. The summed E-state index contributed by atoms with van der Waals surface area (Å²) in [6.07, 6.45) is 0.783. The number of carbonyl (C=O) groups excluding carboxylic acids is 2. The highest BCUT2D eigenvalue weighted by Crippen LogP contribution is 2.38. The van der Waals surface area contributed by atoms with Crippen LogP contribution in [0, 0.1) is 0 Å². The van der Waals surface area contributed by atoms with E-state index in [9.17, 15) is 9.59 Å². The molecule has 7 heteroatoms. The van der Waals surface area contributed by atoms with Crippen LogP contribution in [0.25, 0.3) is 0 Å². The first kappa shape index (κ1) is 17.1. The maximum absolute atomic E-state index is 12.6. The Kier molecular flexibility index (Phi) is 5.09. The predicted molar refractivity (Wildman–Crippen MR) is 94.4 cm³/mol. The zero-order chi connectivity index (χ0) is 17.8. The van der Waals surface area contributed by atoms with E-state index in [0.29, 0.717) is 46.5 Å². The highest BCUT2D eigenvalue weighted by molar-refractivity contribution is 6.32. The van der Waals surface area contributed by atoms with Gasteiger partial charge in [-0.2, -0.15) is 0 Å². The van der Waals surface area contributed by atoms with E-state index in [1.54, 1.807) is 30.3 Å². The Balaban J connectivity index is 1.86. The van der Waals surface area contributed by atoms with E-state index in [0.717, 1.165) is 6.42 Å². The summed E-state index contributed by atoms with van der Waals surface area (Å²) in [5.41, 5.74) is 6.75. The number of hydrogen-bond donors (Lipinski definition) is 2. The Hall–Kier alpha value is -2.73.